The van der Waals surface area contributed by atoms with Crippen LogP contribution >= 0.6 is 0 Å². The van der Waals surface area contributed by atoms with Crippen LogP contribution in [0.25, 0.3) is 0 Å². The zero-order valence-electron chi connectivity index (χ0n) is 12.4. The van der Waals surface area contributed by atoms with Gasteiger partial charge in [-0.3, -0.25) is 0 Å². The van der Waals surface area contributed by atoms with Crippen molar-refractivity contribution in [1.29, 1.82) is 0 Å². The fourth-order valence-electron chi connectivity index (χ4n) is 2.12. The average Bonchev–Trinajstić information content (AvgIpc) is 2.38. The lowest BCUT2D eigenvalue weighted by atomic mass is 10.2. The fraction of sp³-hybridized carbons (Fsp3) is 0.294. The SMILES string of the molecule is C[Si](C)(C)c1ccc(CNCc2cccc(F)c2)cc1. The summed E-state index contributed by atoms with van der Waals surface area (Å²) in [5, 5.41) is 4.83. The molecule has 0 amide bonds. The second kappa shape index (κ2) is 6.33. The Kier molecular flexibility index (Phi) is 4.73. The number of nitrogens with one attached hydrogen (secondary N) is 1. The van der Waals surface area contributed by atoms with E-state index in [2.05, 4.69) is 49.2 Å². The van der Waals surface area contributed by atoms with Crippen LogP contribution in [-0.2, 0) is 13.1 Å². The van der Waals surface area contributed by atoms with Gasteiger partial charge in [0, 0.05) is 13.1 Å². The molecule has 20 heavy (non-hydrogen) atoms. The van der Waals surface area contributed by atoms with Gasteiger partial charge in [0.05, 0.1) is 8.07 Å². The lowest BCUT2D eigenvalue weighted by Gasteiger charge is -2.16. The Bertz CT molecular complexity index is 558. The molecule has 0 aliphatic rings. The second-order valence-corrected chi connectivity index (χ2v) is 11.3. The van der Waals surface area contributed by atoms with E-state index in [1.54, 1.807) is 12.1 Å². The number of hydrogen-bond acceptors (Lipinski definition) is 1. The quantitative estimate of drug-likeness (QED) is 0.828. The van der Waals surface area contributed by atoms with Crippen molar-refractivity contribution in [2.45, 2.75) is 32.7 Å². The largest absolute Gasteiger partial charge is 0.309 e. The molecule has 0 radical (unpaired) electrons. The Morgan fingerprint density at radius 2 is 1.55 bits per heavy atom. The van der Waals surface area contributed by atoms with Gasteiger partial charge in [0.15, 0.2) is 0 Å². The number of halogens is 1. The van der Waals surface area contributed by atoms with Crippen LogP contribution in [-0.4, -0.2) is 8.07 Å². The third-order valence-corrected chi connectivity index (χ3v) is 5.43. The molecule has 0 atom stereocenters. The molecule has 0 aliphatic carbocycles. The van der Waals surface area contributed by atoms with Crippen molar-refractivity contribution in [3.63, 3.8) is 0 Å². The van der Waals surface area contributed by atoms with Crippen LogP contribution in [0, 0.1) is 5.82 Å². The highest BCUT2D eigenvalue weighted by Gasteiger charge is 2.15. The summed E-state index contributed by atoms with van der Waals surface area (Å²) in [6.07, 6.45) is 0. The van der Waals surface area contributed by atoms with Crippen LogP contribution in [0.1, 0.15) is 11.1 Å². The van der Waals surface area contributed by atoms with E-state index in [9.17, 15) is 4.39 Å². The van der Waals surface area contributed by atoms with Gasteiger partial charge in [0.1, 0.15) is 5.82 Å². The Morgan fingerprint density at radius 3 is 2.15 bits per heavy atom. The molecule has 106 valence electrons. The van der Waals surface area contributed by atoms with Gasteiger partial charge >= 0.3 is 0 Å². The summed E-state index contributed by atoms with van der Waals surface area (Å²) in [7, 11) is -1.21. The molecule has 3 heteroatoms. The fourth-order valence-corrected chi connectivity index (χ4v) is 3.29. The summed E-state index contributed by atoms with van der Waals surface area (Å²) in [6, 6.07) is 15.6. The molecule has 0 aromatic heterocycles. The first-order valence-corrected chi connectivity index (χ1v) is 10.5. The maximum absolute atomic E-state index is 13.0. The van der Waals surface area contributed by atoms with Crippen molar-refractivity contribution in [2.75, 3.05) is 0 Å². The Labute approximate surface area is 121 Å². The van der Waals surface area contributed by atoms with Crippen LogP contribution < -0.4 is 10.5 Å². The van der Waals surface area contributed by atoms with Gasteiger partial charge in [-0.15, -0.1) is 0 Å². The van der Waals surface area contributed by atoms with Crippen molar-refractivity contribution >= 4 is 13.3 Å². The summed E-state index contributed by atoms with van der Waals surface area (Å²) in [6.45, 7) is 8.55. The molecule has 2 aromatic carbocycles. The van der Waals surface area contributed by atoms with Crippen molar-refractivity contribution in [1.82, 2.24) is 5.32 Å². The van der Waals surface area contributed by atoms with Crippen LogP contribution in [0.5, 0.6) is 0 Å². The lowest BCUT2D eigenvalue weighted by Crippen LogP contribution is -2.37. The summed E-state index contributed by atoms with van der Waals surface area (Å²) < 4.78 is 13.0. The third-order valence-electron chi connectivity index (χ3n) is 3.37. The van der Waals surface area contributed by atoms with E-state index < -0.39 is 8.07 Å². The summed E-state index contributed by atoms with van der Waals surface area (Å²) in [4.78, 5) is 0. The van der Waals surface area contributed by atoms with E-state index in [4.69, 9.17) is 0 Å². The molecule has 1 nitrogen and oxygen atoms in total. The van der Waals surface area contributed by atoms with Gasteiger partial charge in [-0.25, -0.2) is 4.39 Å². The maximum Gasteiger partial charge on any atom is 0.123 e. The van der Waals surface area contributed by atoms with E-state index >= 15 is 0 Å². The molecule has 2 rings (SSSR count). The van der Waals surface area contributed by atoms with Gasteiger partial charge < -0.3 is 5.32 Å². The zero-order chi connectivity index (χ0) is 14.6. The minimum atomic E-state index is -1.21. The van der Waals surface area contributed by atoms with Crippen molar-refractivity contribution < 1.29 is 4.39 Å². The summed E-state index contributed by atoms with van der Waals surface area (Å²) >= 11 is 0. The first kappa shape index (κ1) is 14.9. The topological polar surface area (TPSA) is 12.0 Å². The molecule has 0 spiro atoms. The standard InChI is InChI=1S/C17H22FNSi/c1-20(2,3)17-9-7-14(8-10-17)12-19-13-15-5-4-6-16(18)11-15/h4-11,19H,12-13H2,1-3H3. The molecular formula is C17H22FNSi. The molecule has 1 N–H and O–H groups in total. The highest BCUT2D eigenvalue weighted by atomic mass is 28.3. The molecular weight excluding hydrogens is 265 g/mol. The number of benzene rings is 2. The lowest BCUT2D eigenvalue weighted by molar-refractivity contribution is 0.620. The highest BCUT2D eigenvalue weighted by Crippen LogP contribution is 2.06. The van der Waals surface area contributed by atoms with Gasteiger partial charge in [-0.2, -0.15) is 0 Å². The van der Waals surface area contributed by atoms with E-state index in [-0.39, 0.29) is 5.82 Å². The van der Waals surface area contributed by atoms with Crippen LogP contribution in [0.4, 0.5) is 4.39 Å². The third kappa shape index (κ3) is 4.29. The minimum absolute atomic E-state index is 0.177. The molecule has 0 fully saturated rings. The van der Waals surface area contributed by atoms with Crippen molar-refractivity contribution in [3.8, 4) is 0 Å². The van der Waals surface area contributed by atoms with Gasteiger partial charge in [0.25, 0.3) is 0 Å². The van der Waals surface area contributed by atoms with Crippen LogP contribution in [0.3, 0.4) is 0 Å². The predicted molar refractivity (Wildman–Crippen MR) is 86.4 cm³/mol. The zero-order valence-corrected chi connectivity index (χ0v) is 13.4. The first-order valence-electron chi connectivity index (χ1n) is 7.00. The Morgan fingerprint density at radius 1 is 0.900 bits per heavy atom. The van der Waals surface area contributed by atoms with Gasteiger partial charge in [-0.05, 0) is 23.3 Å². The summed E-state index contributed by atoms with van der Waals surface area (Å²) in [5.74, 6) is -0.177. The first-order chi connectivity index (χ1) is 9.45. The van der Waals surface area contributed by atoms with Gasteiger partial charge in [-0.1, -0.05) is 61.2 Å². The Balaban J connectivity index is 1.88. The van der Waals surface area contributed by atoms with E-state index in [0.29, 0.717) is 6.54 Å². The van der Waals surface area contributed by atoms with E-state index in [1.807, 2.05) is 6.07 Å². The summed E-state index contributed by atoms with van der Waals surface area (Å²) in [5.41, 5.74) is 2.24. The van der Waals surface area contributed by atoms with Crippen molar-refractivity contribution in [3.05, 3.63) is 65.5 Å². The molecule has 0 heterocycles. The minimum Gasteiger partial charge on any atom is -0.309 e. The molecule has 0 saturated heterocycles. The maximum atomic E-state index is 13.0. The number of rotatable bonds is 5. The average molecular weight is 287 g/mol. The van der Waals surface area contributed by atoms with Gasteiger partial charge in [0.2, 0.25) is 0 Å². The number of hydrogen-bond donors (Lipinski definition) is 1. The predicted octanol–water partition coefficient (Wildman–Crippen LogP) is 3.66. The second-order valence-electron chi connectivity index (χ2n) is 6.18. The molecule has 2 aromatic rings. The normalized spacial score (nSPS) is 11.6. The van der Waals surface area contributed by atoms with Crippen molar-refractivity contribution in [2.24, 2.45) is 0 Å². The van der Waals surface area contributed by atoms with E-state index in [1.165, 1.54) is 16.8 Å². The smallest absolute Gasteiger partial charge is 0.123 e. The molecule has 0 unspecified atom stereocenters. The molecule has 0 saturated carbocycles. The van der Waals surface area contributed by atoms with Crippen LogP contribution in [0.2, 0.25) is 19.6 Å². The Hall–Kier alpha value is -1.45. The molecule has 0 bridgehead atoms. The highest BCUT2D eigenvalue weighted by molar-refractivity contribution is 6.88. The molecule has 0 aliphatic heterocycles. The monoisotopic (exact) mass is 287 g/mol. The van der Waals surface area contributed by atoms with Crippen LogP contribution in [0.15, 0.2) is 48.5 Å². The van der Waals surface area contributed by atoms with E-state index in [0.717, 1.165) is 12.1 Å².